The quantitative estimate of drug-likeness (QED) is 0.702. The van der Waals surface area contributed by atoms with Gasteiger partial charge in [0.2, 0.25) is 0 Å². The normalized spacial score (nSPS) is 15.7. The summed E-state index contributed by atoms with van der Waals surface area (Å²) >= 11 is 0. The van der Waals surface area contributed by atoms with Crippen LogP contribution in [0.3, 0.4) is 0 Å². The summed E-state index contributed by atoms with van der Waals surface area (Å²) in [6, 6.07) is 18.6. The summed E-state index contributed by atoms with van der Waals surface area (Å²) < 4.78 is 5.20. The Labute approximate surface area is 168 Å². The van der Waals surface area contributed by atoms with Crippen molar-refractivity contribution in [2.45, 2.75) is 12.5 Å². The van der Waals surface area contributed by atoms with Gasteiger partial charge < -0.3 is 15.0 Å². The summed E-state index contributed by atoms with van der Waals surface area (Å²) in [5.41, 5.74) is 2.95. The largest absolute Gasteiger partial charge is 0.497 e. The lowest BCUT2D eigenvalue weighted by Gasteiger charge is -2.16. The summed E-state index contributed by atoms with van der Waals surface area (Å²) in [6.07, 6.45) is 0.842. The number of anilines is 1. The van der Waals surface area contributed by atoms with Gasteiger partial charge in [0, 0.05) is 30.8 Å². The van der Waals surface area contributed by atoms with Crippen LogP contribution in [-0.2, 0) is 0 Å². The predicted octanol–water partition coefficient (Wildman–Crippen LogP) is 2.97. The highest BCUT2D eigenvalue weighted by atomic mass is 16.5. The average molecular weight is 387 g/mol. The fourth-order valence-corrected chi connectivity index (χ4v) is 3.48. The van der Waals surface area contributed by atoms with Crippen LogP contribution in [0, 0.1) is 11.3 Å². The number of H-pyrrole nitrogens is 1. The minimum atomic E-state index is -0.158. The van der Waals surface area contributed by atoms with E-state index in [9.17, 15) is 4.79 Å². The maximum Gasteiger partial charge on any atom is 0.251 e. The molecule has 2 heterocycles. The van der Waals surface area contributed by atoms with Gasteiger partial charge in [-0.25, -0.2) is 0 Å². The van der Waals surface area contributed by atoms with Crippen LogP contribution in [0.5, 0.6) is 5.75 Å². The third-order valence-electron chi connectivity index (χ3n) is 5.07. The molecule has 1 aliphatic rings. The molecule has 29 heavy (non-hydrogen) atoms. The number of hydrogen-bond donors (Lipinski definition) is 2. The van der Waals surface area contributed by atoms with Crippen LogP contribution in [-0.4, -0.2) is 42.3 Å². The van der Waals surface area contributed by atoms with Crippen molar-refractivity contribution < 1.29 is 9.53 Å². The average Bonchev–Trinajstić information content (AvgIpc) is 3.43. The van der Waals surface area contributed by atoms with Crippen LogP contribution >= 0.6 is 0 Å². The van der Waals surface area contributed by atoms with E-state index in [1.165, 1.54) is 0 Å². The second-order valence-electron chi connectivity index (χ2n) is 6.97. The third kappa shape index (κ3) is 4.06. The first-order valence-electron chi connectivity index (χ1n) is 9.42. The number of rotatable bonds is 5. The van der Waals surface area contributed by atoms with Gasteiger partial charge in [0.25, 0.3) is 5.91 Å². The molecule has 1 aromatic heterocycles. The highest BCUT2D eigenvalue weighted by Gasteiger charge is 2.26. The molecule has 0 radical (unpaired) electrons. The van der Waals surface area contributed by atoms with E-state index in [-0.39, 0.29) is 11.9 Å². The summed E-state index contributed by atoms with van der Waals surface area (Å²) in [6.45, 7) is 1.51. The summed E-state index contributed by atoms with van der Waals surface area (Å²) in [5.74, 6) is 1.51. The molecule has 0 aliphatic carbocycles. The first-order chi connectivity index (χ1) is 14.2. The van der Waals surface area contributed by atoms with Gasteiger partial charge in [-0.2, -0.15) is 10.4 Å². The lowest BCUT2D eigenvalue weighted by atomic mass is 10.1. The number of aromatic nitrogens is 2. The van der Waals surface area contributed by atoms with Gasteiger partial charge >= 0.3 is 0 Å². The Hall–Kier alpha value is -3.79. The maximum absolute atomic E-state index is 12.5. The number of amides is 1. The summed E-state index contributed by atoms with van der Waals surface area (Å²) in [5, 5.41) is 19.6. The summed E-state index contributed by atoms with van der Waals surface area (Å²) in [7, 11) is 1.64. The molecule has 146 valence electrons. The topological polar surface area (TPSA) is 94.0 Å². The van der Waals surface area contributed by atoms with Gasteiger partial charge in [0.1, 0.15) is 5.75 Å². The number of benzene rings is 2. The molecule has 1 saturated heterocycles. The van der Waals surface area contributed by atoms with Crippen molar-refractivity contribution in [2.24, 2.45) is 0 Å². The standard InChI is InChI=1S/C22H21N5O2/c1-29-19-7-5-16(6-8-19)20-12-21(26-25-20)27-10-9-18(14-27)24-22(28)17-4-2-3-15(11-17)13-23/h2-8,11-12,18H,9-10,14H2,1H3,(H,24,28)(H,25,26)/t18-/m1/s1. The Morgan fingerprint density at radius 2 is 2.10 bits per heavy atom. The molecule has 0 spiro atoms. The van der Waals surface area contributed by atoms with E-state index in [0.717, 1.165) is 35.8 Å². The Morgan fingerprint density at radius 1 is 1.28 bits per heavy atom. The zero-order valence-corrected chi connectivity index (χ0v) is 16.1. The molecule has 7 heteroatoms. The fourth-order valence-electron chi connectivity index (χ4n) is 3.48. The van der Waals surface area contributed by atoms with Crippen molar-refractivity contribution in [3.8, 4) is 23.1 Å². The first-order valence-corrected chi connectivity index (χ1v) is 9.42. The second kappa shape index (κ2) is 8.07. The molecule has 2 N–H and O–H groups in total. The Balaban J connectivity index is 1.39. The molecule has 0 bridgehead atoms. The van der Waals surface area contributed by atoms with Gasteiger partial charge in [-0.3, -0.25) is 9.89 Å². The van der Waals surface area contributed by atoms with E-state index >= 15 is 0 Å². The van der Waals surface area contributed by atoms with Crippen molar-refractivity contribution in [1.82, 2.24) is 15.5 Å². The molecule has 3 aromatic rings. The van der Waals surface area contributed by atoms with Crippen LogP contribution < -0.4 is 15.0 Å². The number of hydrogen-bond acceptors (Lipinski definition) is 5. The molecular formula is C22H21N5O2. The van der Waals surface area contributed by atoms with Crippen LogP contribution in [0.1, 0.15) is 22.3 Å². The lowest BCUT2D eigenvalue weighted by Crippen LogP contribution is -2.37. The number of methoxy groups -OCH3 is 1. The third-order valence-corrected chi connectivity index (χ3v) is 5.07. The van der Waals surface area contributed by atoms with Crippen molar-refractivity contribution >= 4 is 11.7 Å². The van der Waals surface area contributed by atoms with E-state index in [1.807, 2.05) is 30.3 Å². The van der Waals surface area contributed by atoms with Crippen LogP contribution in [0.4, 0.5) is 5.82 Å². The van der Waals surface area contributed by atoms with Gasteiger partial charge in [-0.1, -0.05) is 6.07 Å². The van der Waals surface area contributed by atoms with E-state index in [1.54, 1.807) is 31.4 Å². The molecule has 1 atom stereocenters. The number of nitrogens with zero attached hydrogens (tertiary/aromatic N) is 3. The minimum absolute atomic E-state index is 0.0365. The molecule has 4 rings (SSSR count). The van der Waals surface area contributed by atoms with Gasteiger partial charge in [0.15, 0.2) is 5.82 Å². The molecule has 1 amide bonds. The van der Waals surface area contributed by atoms with E-state index in [0.29, 0.717) is 17.7 Å². The van der Waals surface area contributed by atoms with Crippen molar-refractivity contribution in [3.63, 3.8) is 0 Å². The predicted molar refractivity (Wildman–Crippen MR) is 110 cm³/mol. The zero-order chi connectivity index (χ0) is 20.2. The molecule has 2 aromatic carbocycles. The maximum atomic E-state index is 12.5. The van der Waals surface area contributed by atoms with Crippen LogP contribution in [0.2, 0.25) is 0 Å². The van der Waals surface area contributed by atoms with Crippen molar-refractivity contribution in [1.29, 1.82) is 5.26 Å². The fraction of sp³-hybridized carbons (Fsp3) is 0.227. The molecule has 1 fully saturated rings. The van der Waals surface area contributed by atoms with Gasteiger partial charge in [-0.15, -0.1) is 0 Å². The van der Waals surface area contributed by atoms with E-state index < -0.39 is 0 Å². The zero-order valence-electron chi connectivity index (χ0n) is 16.1. The SMILES string of the molecule is COc1ccc(-c2cc(N3CC[C@@H](NC(=O)c4cccc(C#N)c4)C3)n[nH]2)cc1. The number of ether oxygens (including phenoxy) is 1. The van der Waals surface area contributed by atoms with E-state index in [2.05, 4.69) is 26.5 Å². The minimum Gasteiger partial charge on any atom is -0.497 e. The highest BCUT2D eigenvalue weighted by Crippen LogP contribution is 2.26. The highest BCUT2D eigenvalue weighted by molar-refractivity contribution is 5.94. The second-order valence-corrected chi connectivity index (χ2v) is 6.97. The van der Waals surface area contributed by atoms with Crippen LogP contribution in [0.15, 0.2) is 54.6 Å². The number of nitriles is 1. The summed E-state index contributed by atoms with van der Waals surface area (Å²) in [4.78, 5) is 14.6. The smallest absolute Gasteiger partial charge is 0.251 e. The number of carbonyl (C=O) groups is 1. The lowest BCUT2D eigenvalue weighted by molar-refractivity contribution is 0.0940. The van der Waals surface area contributed by atoms with Crippen LogP contribution in [0.25, 0.3) is 11.3 Å². The van der Waals surface area contributed by atoms with Gasteiger partial charge in [0.05, 0.1) is 24.4 Å². The number of aromatic amines is 1. The first kappa shape index (κ1) is 18.6. The van der Waals surface area contributed by atoms with Gasteiger partial charge in [-0.05, 0) is 54.4 Å². The Morgan fingerprint density at radius 3 is 2.86 bits per heavy atom. The monoisotopic (exact) mass is 387 g/mol. The van der Waals surface area contributed by atoms with E-state index in [4.69, 9.17) is 10.00 Å². The molecule has 0 saturated carbocycles. The molecule has 7 nitrogen and oxygen atoms in total. The number of carbonyl (C=O) groups excluding carboxylic acids is 1. The molecular weight excluding hydrogens is 366 g/mol. The van der Waals surface area contributed by atoms with Crippen molar-refractivity contribution in [2.75, 3.05) is 25.1 Å². The number of nitrogens with one attached hydrogen (secondary N) is 2. The molecule has 0 unspecified atom stereocenters. The Bertz CT molecular complexity index is 1050. The Kier molecular flexibility index (Phi) is 5.16. The van der Waals surface area contributed by atoms with Crippen molar-refractivity contribution in [3.05, 3.63) is 65.7 Å². The molecule has 1 aliphatic heterocycles.